The van der Waals surface area contributed by atoms with Gasteiger partial charge < -0.3 is 15.4 Å². The fraction of sp³-hybridized carbons (Fsp3) is 0.333. The first-order chi connectivity index (χ1) is 10.1. The van der Waals surface area contributed by atoms with E-state index in [0.29, 0.717) is 11.7 Å². The van der Waals surface area contributed by atoms with Crippen molar-refractivity contribution < 1.29 is 4.74 Å². The quantitative estimate of drug-likeness (QED) is 0.864. The number of morpholine rings is 1. The molecule has 21 heavy (non-hydrogen) atoms. The summed E-state index contributed by atoms with van der Waals surface area (Å²) in [6.07, 6.45) is 0.101. The maximum atomic E-state index is 6.04. The molecule has 3 rings (SSSR count). The van der Waals surface area contributed by atoms with Crippen LogP contribution in [0.1, 0.15) is 18.6 Å². The third kappa shape index (κ3) is 3.25. The van der Waals surface area contributed by atoms with Gasteiger partial charge in [-0.1, -0.05) is 41.9 Å². The number of hydrogen-bond donors (Lipinski definition) is 1. The van der Waals surface area contributed by atoms with Crippen molar-refractivity contribution in [1.82, 2.24) is 9.97 Å². The Hall–Kier alpha value is -1.85. The molecule has 0 saturated carbocycles. The Kier molecular flexibility index (Phi) is 3.94. The molecule has 6 heteroatoms. The number of benzene rings is 1. The number of rotatable bonds is 2. The number of nitrogen functional groups attached to an aromatic ring is 1. The van der Waals surface area contributed by atoms with Crippen molar-refractivity contribution in [3.63, 3.8) is 0 Å². The first-order valence-corrected chi connectivity index (χ1v) is 7.25. The van der Waals surface area contributed by atoms with Gasteiger partial charge in [-0.3, -0.25) is 0 Å². The Morgan fingerprint density at radius 1 is 1.24 bits per heavy atom. The Bertz CT molecular complexity index is 602. The minimum absolute atomic E-state index is 0.00455. The highest BCUT2D eigenvalue weighted by atomic mass is 35.5. The molecule has 0 spiro atoms. The molecule has 2 aromatic rings. The van der Waals surface area contributed by atoms with Crippen molar-refractivity contribution in [2.75, 3.05) is 23.7 Å². The highest BCUT2D eigenvalue weighted by molar-refractivity contribution is 6.29. The SMILES string of the molecule is CC1CN(c2cc(Cl)nc(N)n2)CC(c2ccccc2)O1. The van der Waals surface area contributed by atoms with Crippen LogP contribution < -0.4 is 10.6 Å². The van der Waals surface area contributed by atoms with Crippen LogP contribution in [0.3, 0.4) is 0 Å². The van der Waals surface area contributed by atoms with Gasteiger partial charge in [0.15, 0.2) is 0 Å². The molecule has 1 fully saturated rings. The van der Waals surface area contributed by atoms with E-state index < -0.39 is 0 Å². The second-order valence-corrected chi connectivity index (χ2v) is 5.55. The van der Waals surface area contributed by atoms with Crippen LogP contribution in [0.25, 0.3) is 0 Å². The van der Waals surface area contributed by atoms with Crippen LogP contribution in [0.4, 0.5) is 11.8 Å². The molecule has 1 aliphatic rings. The van der Waals surface area contributed by atoms with Gasteiger partial charge in [0.1, 0.15) is 17.1 Å². The summed E-state index contributed by atoms with van der Waals surface area (Å²) in [5.74, 6) is 0.927. The number of aromatic nitrogens is 2. The molecule has 2 N–H and O–H groups in total. The maximum Gasteiger partial charge on any atom is 0.223 e. The summed E-state index contributed by atoms with van der Waals surface area (Å²) < 4.78 is 6.04. The Morgan fingerprint density at radius 2 is 2.00 bits per heavy atom. The van der Waals surface area contributed by atoms with E-state index in [-0.39, 0.29) is 18.2 Å². The largest absolute Gasteiger partial charge is 0.368 e. The maximum absolute atomic E-state index is 6.04. The highest BCUT2D eigenvalue weighted by Crippen LogP contribution is 2.28. The van der Waals surface area contributed by atoms with Crippen molar-refractivity contribution in [1.29, 1.82) is 0 Å². The van der Waals surface area contributed by atoms with Crippen molar-refractivity contribution in [2.24, 2.45) is 0 Å². The van der Waals surface area contributed by atoms with E-state index in [0.717, 1.165) is 17.9 Å². The first-order valence-electron chi connectivity index (χ1n) is 6.87. The van der Waals surface area contributed by atoms with E-state index in [1.807, 2.05) is 25.1 Å². The summed E-state index contributed by atoms with van der Waals surface area (Å²) >= 11 is 5.97. The van der Waals surface area contributed by atoms with Crippen molar-refractivity contribution in [2.45, 2.75) is 19.1 Å². The molecule has 2 heterocycles. The highest BCUT2D eigenvalue weighted by Gasteiger charge is 2.27. The number of halogens is 1. The van der Waals surface area contributed by atoms with Crippen LogP contribution in [0, 0.1) is 0 Å². The van der Waals surface area contributed by atoms with Gasteiger partial charge in [0.2, 0.25) is 5.95 Å². The van der Waals surface area contributed by atoms with Crippen LogP contribution in [0.2, 0.25) is 5.15 Å². The standard InChI is InChI=1S/C15H17ClN4O/c1-10-8-20(14-7-13(16)18-15(17)19-14)9-12(21-10)11-5-3-2-4-6-11/h2-7,10,12H,8-9H2,1H3,(H2,17,18,19). The minimum atomic E-state index is 0.00455. The molecule has 2 atom stereocenters. The van der Waals surface area contributed by atoms with Crippen molar-refractivity contribution in [3.8, 4) is 0 Å². The van der Waals surface area contributed by atoms with Crippen LogP contribution in [0.15, 0.2) is 36.4 Å². The number of nitrogens with zero attached hydrogens (tertiary/aromatic N) is 3. The van der Waals surface area contributed by atoms with Gasteiger partial charge >= 0.3 is 0 Å². The van der Waals surface area contributed by atoms with Gasteiger partial charge in [0.25, 0.3) is 0 Å². The molecule has 0 radical (unpaired) electrons. The van der Waals surface area contributed by atoms with E-state index in [1.54, 1.807) is 6.07 Å². The monoisotopic (exact) mass is 304 g/mol. The topological polar surface area (TPSA) is 64.3 Å². The van der Waals surface area contributed by atoms with E-state index in [9.17, 15) is 0 Å². The lowest BCUT2D eigenvalue weighted by Gasteiger charge is -2.37. The zero-order valence-electron chi connectivity index (χ0n) is 11.7. The third-order valence-corrected chi connectivity index (χ3v) is 3.65. The lowest BCUT2D eigenvalue weighted by Crippen LogP contribution is -2.43. The van der Waals surface area contributed by atoms with Gasteiger partial charge in [-0.25, -0.2) is 4.98 Å². The third-order valence-electron chi connectivity index (χ3n) is 3.45. The van der Waals surface area contributed by atoms with E-state index in [4.69, 9.17) is 22.1 Å². The molecule has 1 aliphatic heterocycles. The molecule has 0 aliphatic carbocycles. The molecule has 1 aromatic carbocycles. The summed E-state index contributed by atoms with van der Waals surface area (Å²) in [6, 6.07) is 11.9. The summed E-state index contributed by atoms with van der Waals surface area (Å²) in [5, 5.41) is 0.355. The minimum Gasteiger partial charge on any atom is -0.368 e. The van der Waals surface area contributed by atoms with Gasteiger partial charge in [0.05, 0.1) is 6.10 Å². The lowest BCUT2D eigenvalue weighted by atomic mass is 10.1. The second kappa shape index (κ2) is 5.87. The van der Waals surface area contributed by atoms with E-state index >= 15 is 0 Å². The van der Waals surface area contributed by atoms with Crippen LogP contribution in [0.5, 0.6) is 0 Å². The predicted octanol–water partition coefficient (Wildman–Crippen LogP) is 2.68. The Balaban J connectivity index is 1.86. The first kappa shape index (κ1) is 14.1. The summed E-state index contributed by atoms with van der Waals surface area (Å²) in [4.78, 5) is 10.3. The molecular formula is C15H17ClN4O. The fourth-order valence-corrected chi connectivity index (χ4v) is 2.76. The summed E-state index contributed by atoms with van der Waals surface area (Å²) in [5.41, 5.74) is 6.84. The molecule has 2 unspecified atom stereocenters. The molecular weight excluding hydrogens is 288 g/mol. The lowest BCUT2D eigenvalue weighted by molar-refractivity contribution is -0.0176. The summed E-state index contributed by atoms with van der Waals surface area (Å²) in [6.45, 7) is 3.51. The average Bonchev–Trinajstić information content (AvgIpc) is 2.46. The average molecular weight is 305 g/mol. The van der Waals surface area contributed by atoms with Crippen LogP contribution in [-0.4, -0.2) is 29.2 Å². The van der Waals surface area contributed by atoms with Gasteiger partial charge in [-0.2, -0.15) is 4.98 Å². The Morgan fingerprint density at radius 3 is 2.71 bits per heavy atom. The normalized spacial score (nSPS) is 22.3. The van der Waals surface area contributed by atoms with E-state index in [2.05, 4.69) is 27.0 Å². The predicted molar refractivity (Wildman–Crippen MR) is 83.4 cm³/mol. The number of ether oxygens (including phenoxy) is 1. The zero-order chi connectivity index (χ0) is 14.8. The van der Waals surface area contributed by atoms with Gasteiger partial charge in [-0.15, -0.1) is 0 Å². The van der Waals surface area contributed by atoms with Gasteiger partial charge in [0, 0.05) is 19.2 Å². The van der Waals surface area contributed by atoms with E-state index in [1.165, 1.54) is 0 Å². The Labute approximate surface area is 128 Å². The van der Waals surface area contributed by atoms with Crippen molar-refractivity contribution in [3.05, 3.63) is 47.1 Å². The fourth-order valence-electron chi connectivity index (χ4n) is 2.58. The number of anilines is 2. The number of hydrogen-bond acceptors (Lipinski definition) is 5. The smallest absolute Gasteiger partial charge is 0.223 e. The molecule has 1 aromatic heterocycles. The van der Waals surface area contributed by atoms with Crippen molar-refractivity contribution >= 4 is 23.4 Å². The molecule has 5 nitrogen and oxygen atoms in total. The summed E-state index contributed by atoms with van der Waals surface area (Å²) in [7, 11) is 0. The molecule has 0 amide bonds. The molecule has 110 valence electrons. The van der Waals surface area contributed by atoms with Crippen LogP contribution >= 0.6 is 11.6 Å². The number of nitrogens with two attached hydrogens (primary N) is 1. The van der Waals surface area contributed by atoms with Gasteiger partial charge in [-0.05, 0) is 12.5 Å². The van der Waals surface area contributed by atoms with Crippen LogP contribution in [-0.2, 0) is 4.74 Å². The molecule has 1 saturated heterocycles. The second-order valence-electron chi connectivity index (χ2n) is 5.16. The molecule has 0 bridgehead atoms. The zero-order valence-corrected chi connectivity index (χ0v) is 12.5.